The number of allylic oxidation sites excluding steroid dienone is 1. The second-order valence-electron chi connectivity index (χ2n) is 5.25. The molecule has 106 valence electrons. The van der Waals surface area contributed by atoms with Crippen LogP contribution in [0.5, 0.6) is 0 Å². The number of hydrogen-bond acceptors (Lipinski definition) is 6. The van der Waals surface area contributed by atoms with Gasteiger partial charge >= 0.3 is 0 Å². The Hall–Kier alpha value is -2.15. The summed E-state index contributed by atoms with van der Waals surface area (Å²) in [6.07, 6.45) is 6.73. The summed E-state index contributed by atoms with van der Waals surface area (Å²) in [5, 5.41) is 9.23. The maximum absolute atomic E-state index is 9.23. The van der Waals surface area contributed by atoms with E-state index in [1.807, 2.05) is 29.6 Å². The van der Waals surface area contributed by atoms with Crippen molar-refractivity contribution in [1.82, 2.24) is 19.5 Å². The molecule has 1 aliphatic carbocycles. The molecule has 1 aliphatic rings. The van der Waals surface area contributed by atoms with Gasteiger partial charge < -0.3 is 20.3 Å². The largest absolute Gasteiger partial charge is 0.396 e. The molecule has 20 heavy (non-hydrogen) atoms. The average molecular weight is 274 g/mol. The third-order valence-electron chi connectivity index (χ3n) is 3.59. The third-order valence-corrected chi connectivity index (χ3v) is 3.59. The summed E-state index contributed by atoms with van der Waals surface area (Å²) < 4.78 is 1.99. The Morgan fingerprint density at radius 2 is 2.20 bits per heavy atom. The van der Waals surface area contributed by atoms with Gasteiger partial charge in [0.2, 0.25) is 5.95 Å². The molecule has 0 radical (unpaired) electrons. The molecule has 2 aromatic rings. The van der Waals surface area contributed by atoms with Gasteiger partial charge in [-0.25, -0.2) is 4.98 Å². The molecule has 0 fully saturated rings. The van der Waals surface area contributed by atoms with E-state index in [4.69, 9.17) is 5.73 Å². The first kappa shape index (κ1) is 12.9. The van der Waals surface area contributed by atoms with Crippen molar-refractivity contribution in [3.8, 4) is 0 Å². The van der Waals surface area contributed by atoms with Gasteiger partial charge in [0.25, 0.3) is 0 Å². The molecule has 0 bridgehead atoms. The van der Waals surface area contributed by atoms with Gasteiger partial charge in [0.15, 0.2) is 17.0 Å². The molecule has 0 spiro atoms. The Bertz CT molecular complexity index is 662. The minimum absolute atomic E-state index is 0.154. The van der Waals surface area contributed by atoms with E-state index in [0.29, 0.717) is 5.82 Å². The Morgan fingerprint density at radius 3 is 2.85 bits per heavy atom. The zero-order valence-electron chi connectivity index (χ0n) is 11.6. The maximum atomic E-state index is 9.23. The van der Waals surface area contributed by atoms with Gasteiger partial charge in [-0.2, -0.15) is 9.97 Å². The van der Waals surface area contributed by atoms with E-state index in [0.717, 1.165) is 17.6 Å². The van der Waals surface area contributed by atoms with Crippen LogP contribution < -0.4 is 10.6 Å². The number of rotatable bonds is 3. The van der Waals surface area contributed by atoms with Crippen molar-refractivity contribution in [2.45, 2.75) is 12.5 Å². The Labute approximate surface area is 116 Å². The van der Waals surface area contributed by atoms with Crippen LogP contribution in [0.2, 0.25) is 0 Å². The second kappa shape index (κ2) is 4.75. The summed E-state index contributed by atoms with van der Waals surface area (Å²) in [4.78, 5) is 14.8. The fourth-order valence-corrected chi connectivity index (χ4v) is 2.57. The predicted molar refractivity (Wildman–Crippen MR) is 77.4 cm³/mol. The SMILES string of the molecule is CN(C)c1nc(N)nc2c1ncn2[C@H]1C=C[C@@H](CO)C1. The quantitative estimate of drug-likeness (QED) is 0.795. The second-order valence-corrected chi connectivity index (χ2v) is 5.25. The number of fused-ring (bicyclic) bond motifs is 1. The number of anilines is 2. The Balaban J connectivity index is 2.08. The van der Waals surface area contributed by atoms with Crippen LogP contribution in [0.4, 0.5) is 11.8 Å². The van der Waals surface area contributed by atoms with Crippen LogP contribution in [0.15, 0.2) is 18.5 Å². The molecule has 0 saturated carbocycles. The average Bonchev–Trinajstić information content (AvgIpc) is 3.02. The molecule has 0 saturated heterocycles. The molecule has 0 amide bonds. The first-order valence-electron chi connectivity index (χ1n) is 6.56. The topological polar surface area (TPSA) is 93.1 Å². The highest BCUT2D eigenvalue weighted by Crippen LogP contribution is 2.31. The summed E-state index contributed by atoms with van der Waals surface area (Å²) in [7, 11) is 3.80. The van der Waals surface area contributed by atoms with Crippen LogP contribution in [0.25, 0.3) is 11.2 Å². The first-order valence-corrected chi connectivity index (χ1v) is 6.56. The van der Waals surface area contributed by atoms with Gasteiger partial charge in [-0.3, -0.25) is 0 Å². The summed E-state index contributed by atoms with van der Waals surface area (Å²) in [6.45, 7) is 0.166. The molecule has 0 unspecified atom stereocenters. The molecule has 7 nitrogen and oxygen atoms in total. The van der Waals surface area contributed by atoms with Crippen molar-refractivity contribution >= 4 is 22.9 Å². The van der Waals surface area contributed by atoms with Crippen molar-refractivity contribution in [3.63, 3.8) is 0 Å². The number of hydrogen-bond donors (Lipinski definition) is 2. The minimum atomic E-state index is 0.154. The van der Waals surface area contributed by atoms with E-state index in [-0.39, 0.29) is 24.5 Å². The molecular formula is C13H18N6O. The number of aliphatic hydroxyl groups excluding tert-OH is 1. The van der Waals surface area contributed by atoms with Crippen molar-refractivity contribution in [2.75, 3.05) is 31.3 Å². The van der Waals surface area contributed by atoms with Gasteiger partial charge in [-0.05, 0) is 6.42 Å². The third kappa shape index (κ3) is 2.00. The fourth-order valence-electron chi connectivity index (χ4n) is 2.57. The lowest BCUT2D eigenvalue weighted by atomic mass is 10.1. The molecule has 7 heteroatoms. The summed E-state index contributed by atoms with van der Waals surface area (Å²) in [6, 6.07) is 0.154. The van der Waals surface area contributed by atoms with Crippen molar-refractivity contribution in [1.29, 1.82) is 0 Å². The maximum Gasteiger partial charge on any atom is 0.224 e. The molecule has 3 rings (SSSR count). The van der Waals surface area contributed by atoms with E-state index in [1.165, 1.54) is 0 Å². The zero-order chi connectivity index (χ0) is 14.3. The molecule has 2 aromatic heterocycles. The normalized spacial score (nSPS) is 21.8. The number of nitrogen functional groups attached to an aromatic ring is 1. The Morgan fingerprint density at radius 1 is 1.40 bits per heavy atom. The lowest BCUT2D eigenvalue weighted by Crippen LogP contribution is -2.14. The van der Waals surface area contributed by atoms with E-state index in [2.05, 4.69) is 21.0 Å². The molecule has 0 aromatic carbocycles. The number of nitrogens with two attached hydrogens (primary N) is 1. The van der Waals surface area contributed by atoms with Gasteiger partial charge in [0.05, 0.1) is 12.4 Å². The van der Waals surface area contributed by atoms with Crippen LogP contribution in [0, 0.1) is 5.92 Å². The fraction of sp³-hybridized carbons (Fsp3) is 0.462. The van der Waals surface area contributed by atoms with E-state index < -0.39 is 0 Å². The number of nitrogens with zero attached hydrogens (tertiary/aromatic N) is 5. The van der Waals surface area contributed by atoms with Crippen LogP contribution in [-0.4, -0.2) is 45.3 Å². The minimum Gasteiger partial charge on any atom is -0.396 e. The number of imidazole rings is 1. The Kier molecular flexibility index (Phi) is 3.06. The number of aliphatic hydroxyl groups is 1. The molecular weight excluding hydrogens is 256 g/mol. The molecule has 3 N–H and O–H groups in total. The summed E-state index contributed by atoms with van der Waals surface area (Å²) in [5.41, 5.74) is 7.27. The molecule has 2 atom stereocenters. The van der Waals surface area contributed by atoms with Crippen molar-refractivity contribution in [3.05, 3.63) is 18.5 Å². The lowest BCUT2D eigenvalue weighted by Gasteiger charge is -2.14. The van der Waals surface area contributed by atoms with Crippen LogP contribution in [0.1, 0.15) is 12.5 Å². The summed E-state index contributed by atoms with van der Waals surface area (Å²) in [5.74, 6) is 1.15. The predicted octanol–water partition coefficient (Wildman–Crippen LogP) is 0.584. The van der Waals surface area contributed by atoms with Gasteiger partial charge in [0, 0.05) is 26.6 Å². The standard InChI is InChI=1S/C13H18N6O/c1-18(2)11-10-12(17-13(14)16-11)19(7-15-10)9-4-3-8(5-9)6-20/h3-4,7-9,20H,5-6H2,1-2H3,(H2,14,16,17)/t8-,9+/m1/s1. The lowest BCUT2D eigenvalue weighted by molar-refractivity contribution is 0.244. The first-order chi connectivity index (χ1) is 9.60. The highest BCUT2D eigenvalue weighted by atomic mass is 16.3. The zero-order valence-corrected chi connectivity index (χ0v) is 11.6. The van der Waals surface area contributed by atoms with Gasteiger partial charge in [-0.15, -0.1) is 0 Å². The smallest absolute Gasteiger partial charge is 0.224 e. The van der Waals surface area contributed by atoms with Crippen molar-refractivity contribution < 1.29 is 5.11 Å². The highest BCUT2D eigenvalue weighted by Gasteiger charge is 2.23. The van der Waals surface area contributed by atoms with E-state index in [9.17, 15) is 5.11 Å². The van der Waals surface area contributed by atoms with Crippen LogP contribution >= 0.6 is 0 Å². The van der Waals surface area contributed by atoms with E-state index in [1.54, 1.807) is 6.33 Å². The van der Waals surface area contributed by atoms with Crippen molar-refractivity contribution in [2.24, 2.45) is 5.92 Å². The van der Waals surface area contributed by atoms with Crippen LogP contribution in [-0.2, 0) is 0 Å². The van der Waals surface area contributed by atoms with E-state index >= 15 is 0 Å². The van der Waals surface area contributed by atoms with Gasteiger partial charge in [0.1, 0.15) is 0 Å². The molecule has 0 aliphatic heterocycles. The van der Waals surface area contributed by atoms with Crippen LogP contribution in [0.3, 0.4) is 0 Å². The highest BCUT2D eigenvalue weighted by molar-refractivity contribution is 5.84. The monoisotopic (exact) mass is 274 g/mol. The summed E-state index contributed by atoms with van der Waals surface area (Å²) >= 11 is 0. The molecule has 2 heterocycles. The number of aromatic nitrogens is 4. The van der Waals surface area contributed by atoms with Gasteiger partial charge in [-0.1, -0.05) is 12.2 Å².